The van der Waals surface area contributed by atoms with Gasteiger partial charge in [-0.1, -0.05) is 60.7 Å². The molecule has 0 fully saturated rings. The van der Waals surface area contributed by atoms with Crippen LogP contribution in [0.25, 0.3) is 33.2 Å². The van der Waals surface area contributed by atoms with Crippen LogP contribution in [0, 0.1) is 0 Å². The van der Waals surface area contributed by atoms with Crippen molar-refractivity contribution in [3.05, 3.63) is 89.2 Å². The maximum atomic E-state index is 13.1. The van der Waals surface area contributed by atoms with Gasteiger partial charge in [-0.15, -0.1) is 4.73 Å². The van der Waals surface area contributed by atoms with Crippen molar-refractivity contribution in [1.29, 1.82) is 0 Å². The van der Waals surface area contributed by atoms with Crippen molar-refractivity contribution < 1.29 is 9.57 Å². The van der Waals surface area contributed by atoms with Gasteiger partial charge in [0.05, 0.1) is 18.2 Å². The van der Waals surface area contributed by atoms with E-state index in [0.29, 0.717) is 5.39 Å². The fourth-order valence-corrected chi connectivity index (χ4v) is 3.41. The number of nitrogens with zero attached hydrogens (tertiary/aromatic N) is 1. The standard InChI is InChI=1S/C23H19NO3/c1-26-18-14-12-16(13-15-18)21-19-10-6-7-11-20(19)23(25)24(27-2)22(21)17-8-4-3-5-9-17/h3-15H,1-2H3. The van der Waals surface area contributed by atoms with Gasteiger partial charge < -0.3 is 9.57 Å². The second-order valence-electron chi connectivity index (χ2n) is 6.15. The molecule has 0 aliphatic carbocycles. The van der Waals surface area contributed by atoms with Crippen LogP contribution >= 0.6 is 0 Å². The lowest BCUT2D eigenvalue weighted by molar-refractivity contribution is 0.163. The van der Waals surface area contributed by atoms with Gasteiger partial charge in [-0.05, 0) is 29.1 Å². The Morgan fingerprint density at radius 2 is 1.33 bits per heavy atom. The molecule has 0 aliphatic rings. The quantitative estimate of drug-likeness (QED) is 0.543. The summed E-state index contributed by atoms with van der Waals surface area (Å²) in [7, 11) is 3.16. The largest absolute Gasteiger partial charge is 0.497 e. The first kappa shape index (κ1) is 16.9. The van der Waals surface area contributed by atoms with E-state index in [2.05, 4.69) is 0 Å². The first-order valence-electron chi connectivity index (χ1n) is 8.66. The molecule has 0 N–H and O–H groups in total. The highest BCUT2D eigenvalue weighted by Gasteiger charge is 2.20. The fourth-order valence-electron chi connectivity index (χ4n) is 3.41. The first-order chi connectivity index (χ1) is 13.2. The van der Waals surface area contributed by atoms with Crippen LogP contribution < -0.4 is 15.1 Å². The number of ether oxygens (including phenoxy) is 1. The molecule has 0 aliphatic heterocycles. The van der Waals surface area contributed by atoms with E-state index in [4.69, 9.17) is 9.57 Å². The Bertz CT molecular complexity index is 1150. The average Bonchev–Trinajstić information content (AvgIpc) is 2.74. The zero-order valence-electron chi connectivity index (χ0n) is 15.2. The van der Waals surface area contributed by atoms with Gasteiger partial charge in [-0.2, -0.15) is 0 Å². The second kappa shape index (κ2) is 7.00. The number of aromatic nitrogens is 1. The van der Waals surface area contributed by atoms with Gasteiger partial charge in [-0.3, -0.25) is 4.79 Å². The number of hydrogen-bond donors (Lipinski definition) is 0. The third kappa shape index (κ3) is 2.85. The summed E-state index contributed by atoms with van der Waals surface area (Å²) in [6.07, 6.45) is 0. The van der Waals surface area contributed by atoms with Crippen LogP contribution in [0.2, 0.25) is 0 Å². The van der Waals surface area contributed by atoms with E-state index in [1.54, 1.807) is 7.11 Å². The van der Waals surface area contributed by atoms with E-state index in [-0.39, 0.29) is 5.56 Å². The Balaban J connectivity index is 2.17. The monoisotopic (exact) mass is 357 g/mol. The van der Waals surface area contributed by atoms with Crippen LogP contribution in [0.3, 0.4) is 0 Å². The summed E-state index contributed by atoms with van der Waals surface area (Å²) >= 11 is 0. The van der Waals surface area contributed by atoms with Crippen molar-refractivity contribution in [2.75, 3.05) is 14.2 Å². The molecule has 0 atom stereocenters. The fraction of sp³-hybridized carbons (Fsp3) is 0.0870. The Kier molecular flexibility index (Phi) is 4.38. The number of fused-ring (bicyclic) bond motifs is 1. The Hall–Kier alpha value is -3.53. The molecule has 1 aromatic heterocycles. The van der Waals surface area contributed by atoms with E-state index < -0.39 is 0 Å². The van der Waals surface area contributed by atoms with Crippen LogP contribution in [0.4, 0.5) is 0 Å². The molecule has 0 saturated heterocycles. The Labute approximate surface area is 157 Å². The van der Waals surface area contributed by atoms with Gasteiger partial charge in [-0.25, -0.2) is 0 Å². The van der Waals surface area contributed by atoms with Gasteiger partial charge in [0, 0.05) is 11.1 Å². The van der Waals surface area contributed by atoms with Crippen LogP contribution in [-0.4, -0.2) is 19.0 Å². The molecule has 0 saturated carbocycles. The summed E-state index contributed by atoms with van der Waals surface area (Å²) in [5.74, 6) is 0.782. The summed E-state index contributed by atoms with van der Waals surface area (Å²) < 4.78 is 6.66. The Morgan fingerprint density at radius 1 is 0.704 bits per heavy atom. The highest BCUT2D eigenvalue weighted by molar-refractivity contribution is 6.02. The van der Waals surface area contributed by atoms with Crippen molar-refractivity contribution in [3.8, 4) is 28.1 Å². The number of benzene rings is 3. The van der Waals surface area contributed by atoms with Crippen molar-refractivity contribution in [2.24, 2.45) is 0 Å². The third-order valence-corrected chi connectivity index (χ3v) is 4.66. The van der Waals surface area contributed by atoms with E-state index in [1.165, 1.54) is 11.8 Å². The number of methoxy groups -OCH3 is 1. The van der Waals surface area contributed by atoms with Crippen LogP contribution in [-0.2, 0) is 0 Å². The van der Waals surface area contributed by atoms with Crippen LogP contribution in [0.1, 0.15) is 0 Å². The van der Waals surface area contributed by atoms with Gasteiger partial charge in [0.15, 0.2) is 0 Å². The molecule has 4 rings (SSSR count). The molecule has 4 aromatic rings. The molecule has 4 heteroatoms. The lowest BCUT2D eigenvalue weighted by atomic mass is 9.94. The van der Waals surface area contributed by atoms with Crippen molar-refractivity contribution in [3.63, 3.8) is 0 Å². The molecule has 27 heavy (non-hydrogen) atoms. The first-order valence-corrected chi connectivity index (χ1v) is 8.66. The van der Waals surface area contributed by atoms with E-state index in [1.807, 2.05) is 78.9 Å². The Morgan fingerprint density at radius 3 is 1.96 bits per heavy atom. The molecule has 0 radical (unpaired) electrons. The minimum atomic E-state index is -0.177. The minimum Gasteiger partial charge on any atom is -0.497 e. The molecule has 4 nitrogen and oxygen atoms in total. The van der Waals surface area contributed by atoms with Crippen molar-refractivity contribution in [2.45, 2.75) is 0 Å². The lowest BCUT2D eigenvalue weighted by Crippen LogP contribution is -2.27. The highest BCUT2D eigenvalue weighted by atomic mass is 16.6. The highest BCUT2D eigenvalue weighted by Crippen LogP contribution is 2.36. The molecular formula is C23H19NO3. The smallest absolute Gasteiger partial charge is 0.291 e. The number of pyridine rings is 1. The number of rotatable bonds is 4. The summed E-state index contributed by atoms with van der Waals surface area (Å²) in [5.41, 5.74) is 3.39. The van der Waals surface area contributed by atoms with Crippen LogP contribution in [0.15, 0.2) is 83.7 Å². The molecule has 0 amide bonds. The van der Waals surface area contributed by atoms with Crippen LogP contribution in [0.5, 0.6) is 5.75 Å². The van der Waals surface area contributed by atoms with E-state index in [9.17, 15) is 4.79 Å². The summed E-state index contributed by atoms with van der Waals surface area (Å²) in [5, 5.41) is 1.50. The molecule has 0 unspecified atom stereocenters. The summed E-state index contributed by atoms with van der Waals surface area (Å²) in [6, 6.07) is 25.3. The topological polar surface area (TPSA) is 40.5 Å². The van der Waals surface area contributed by atoms with Crippen molar-refractivity contribution in [1.82, 2.24) is 4.73 Å². The molecule has 1 heterocycles. The third-order valence-electron chi connectivity index (χ3n) is 4.66. The lowest BCUT2D eigenvalue weighted by Gasteiger charge is -2.19. The normalized spacial score (nSPS) is 10.7. The van der Waals surface area contributed by atoms with Crippen molar-refractivity contribution >= 4 is 10.8 Å². The maximum absolute atomic E-state index is 13.1. The molecule has 0 spiro atoms. The predicted octanol–water partition coefficient (Wildman–Crippen LogP) is 4.40. The molecular weight excluding hydrogens is 338 g/mol. The molecule has 134 valence electrons. The van der Waals surface area contributed by atoms with Gasteiger partial charge >= 0.3 is 0 Å². The predicted molar refractivity (Wildman–Crippen MR) is 108 cm³/mol. The minimum absolute atomic E-state index is 0.177. The molecule has 3 aromatic carbocycles. The summed E-state index contributed by atoms with van der Waals surface area (Å²) in [6.45, 7) is 0. The second-order valence-corrected chi connectivity index (χ2v) is 6.15. The maximum Gasteiger partial charge on any atom is 0.291 e. The van der Waals surface area contributed by atoms with E-state index >= 15 is 0 Å². The average molecular weight is 357 g/mol. The van der Waals surface area contributed by atoms with Gasteiger partial charge in [0.25, 0.3) is 5.56 Å². The SMILES string of the molecule is COc1ccc(-c2c(-c3ccccc3)n(OC)c(=O)c3ccccc23)cc1. The van der Waals surface area contributed by atoms with Gasteiger partial charge in [0.2, 0.25) is 0 Å². The van der Waals surface area contributed by atoms with Gasteiger partial charge in [0.1, 0.15) is 12.9 Å². The zero-order valence-corrected chi connectivity index (χ0v) is 15.2. The summed E-state index contributed by atoms with van der Waals surface area (Å²) in [4.78, 5) is 18.6. The zero-order chi connectivity index (χ0) is 18.8. The van der Waals surface area contributed by atoms with E-state index in [0.717, 1.165) is 33.5 Å². The molecule has 0 bridgehead atoms. The number of hydrogen-bond acceptors (Lipinski definition) is 3.